The molecule has 0 aliphatic rings. The average Bonchev–Trinajstić information content (AvgIpc) is 2.73. The molecule has 0 unspecified atom stereocenters. The first-order chi connectivity index (χ1) is 9.08. The normalized spacial score (nSPS) is 12.2. The molecule has 1 aromatic carbocycles. The van der Waals surface area contributed by atoms with Gasteiger partial charge in [-0.3, -0.25) is 4.57 Å². The Kier molecular flexibility index (Phi) is 4.40. The van der Waals surface area contributed by atoms with Crippen molar-refractivity contribution in [2.24, 2.45) is 0 Å². The van der Waals surface area contributed by atoms with E-state index in [1.165, 1.54) is 0 Å². The molecule has 0 saturated heterocycles. The SMILES string of the molecule is CCOP(=O)(Cc1nc2cccc(C)c2o1)OCC. The van der Waals surface area contributed by atoms with Crippen LogP contribution in [0.2, 0.25) is 0 Å². The molecule has 1 aromatic heterocycles. The quantitative estimate of drug-likeness (QED) is 0.752. The van der Waals surface area contributed by atoms with Gasteiger partial charge in [0.15, 0.2) is 5.58 Å². The largest absolute Gasteiger partial charge is 0.440 e. The van der Waals surface area contributed by atoms with Crippen LogP contribution in [0.25, 0.3) is 11.1 Å². The molecule has 0 amide bonds. The smallest absolute Gasteiger partial charge is 0.339 e. The summed E-state index contributed by atoms with van der Waals surface area (Å²) in [6.45, 7) is 6.17. The van der Waals surface area contributed by atoms with Gasteiger partial charge in [-0.2, -0.15) is 0 Å². The molecule has 0 atom stereocenters. The minimum atomic E-state index is -3.17. The van der Waals surface area contributed by atoms with Crippen molar-refractivity contribution in [3.63, 3.8) is 0 Å². The Labute approximate surface area is 112 Å². The highest BCUT2D eigenvalue weighted by Gasteiger charge is 2.27. The molecule has 0 saturated carbocycles. The van der Waals surface area contributed by atoms with Crippen LogP contribution in [-0.4, -0.2) is 18.2 Å². The van der Waals surface area contributed by atoms with Gasteiger partial charge in [-0.05, 0) is 32.4 Å². The van der Waals surface area contributed by atoms with Gasteiger partial charge >= 0.3 is 7.60 Å². The van der Waals surface area contributed by atoms with Crippen LogP contribution >= 0.6 is 7.60 Å². The van der Waals surface area contributed by atoms with Gasteiger partial charge in [-0.1, -0.05) is 12.1 Å². The summed E-state index contributed by atoms with van der Waals surface area (Å²) in [4.78, 5) is 4.32. The highest BCUT2D eigenvalue weighted by Crippen LogP contribution is 2.51. The number of aromatic nitrogens is 1. The summed E-state index contributed by atoms with van der Waals surface area (Å²) in [5.41, 5.74) is 2.48. The maximum Gasteiger partial charge on any atom is 0.339 e. The summed E-state index contributed by atoms with van der Waals surface area (Å²) in [5, 5.41) is 0. The maximum atomic E-state index is 12.4. The second kappa shape index (κ2) is 5.87. The Morgan fingerprint density at radius 1 is 1.26 bits per heavy atom. The molecule has 0 spiro atoms. The number of aryl methyl sites for hydroxylation is 1. The van der Waals surface area contributed by atoms with Gasteiger partial charge in [-0.25, -0.2) is 4.98 Å². The van der Waals surface area contributed by atoms with Gasteiger partial charge in [0.2, 0.25) is 5.89 Å². The van der Waals surface area contributed by atoms with E-state index in [1.54, 1.807) is 13.8 Å². The number of rotatable bonds is 6. The zero-order valence-corrected chi connectivity index (χ0v) is 12.3. The third-order valence-electron chi connectivity index (χ3n) is 2.64. The summed E-state index contributed by atoms with van der Waals surface area (Å²) in [6, 6.07) is 5.72. The van der Waals surface area contributed by atoms with Crippen molar-refractivity contribution in [3.05, 3.63) is 29.7 Å². The van der Waals surface area contributed by atoms with Crippen molar-refractivity contribution in [1.29, 1.82) is 0 Å². The van der Waals surface area contributed by atoms with Gasteiger partial charge in [0.05, 0.1) is 13.2 Å². The highest BCUT2D eigenvalue weighted by atomic mass is 31.2. The lowest BCUT2D eigenvalue weighted by molar-refractivity contribution is 0.217. The standard InChI is InChI=1S/C13H18NO4P/c1-4-16-19(15,17-5-2)9-12-14-11-8-6-7-10(3)13(11)18-12/h6-8H,4-5,9H2,1-3H3. The van der Waals surface area contributed by atoms with Crippen LogP contribution in [0, 0.1) is 6.92 Å². The first kappa shape index (κ1) is 14.3. The van der Waals surface area contributed by atoms with Crippen LogP contribution in [0.5, 0.6) is 0 Å². The Bertz CT molecular complexity index is 598. The van der Waals surface area contributed by atoms with E-state index < -0.39 is 7.60 Å². The van der Waals surface area contributed by atoms with Crippen LogP contribution in [0.15, 0.2) is 22.6 Å². The number of hydrogen-bond donors (Lipinski definition) is 0. The molecule has 19 heavy (non-hydrogen) atoms. The van der Waals surface area contributed by atoms with E-state index in [2.05, 4.69) is 4.98 Å². The topological polar surface area (TPSA) is 61.6 Å². The fourth-order valence-electron chi connectivity index (χ4n) is 1.89. The Morgan fingerprint density at radius 3 is 2.53 bits per heavy atom. The van der Waals surface area contributed by atoms with Crippen LogP contribution in [-0.2, 0) is 19.8 Å². The molecule has 0 aliphatic heterocycles. The minimum absolute atomic E-state index is 0.0583. The lowest BCUT2D eigenvalue weighted by atomic mass is 10.2. The number of benzene rings is 1. The summed E-state index contributed by atoms with van der Waals surface area (Å²) >= 11 is 0. The number of oxazole rings is 1. The van der Waals surface area contributed by atoms with Gasteiger partial charge in [0, 0.05) is 0 Å². The molecule has 0 bridgehead atoms. The molecule has 0 radical (unpaired) electrons. The van der Waals surface area contributed by atoms with Crippen molar-refractivity contribution in [2.45, 2.75) is 26.9 Å². The maximum absolute atomic E-state index is 12.4. The fraction of sp³-hybridized carbons (Fsp3) is 0.462. The predicted octanol–water partition coefficient (Wildman–Crippen LogP) is 3.90. The van der Waals surface area contributed by atoms with Crippen LogP contribution in [0.4, 0.5) is 0 Å². The molecule has 2 rings (SSSR count). The molecule has 6 heteroatoms. The number of hydrogen-bond acceptors (Lipinski definition) is 5. The Morgan fingerprint density at radius 2 is 1.95 bits per heavy atom. The van der Waals surface area contributed by atoms with Crippen molar-refractivity contribution in [2.75, 3.05) is 13.2 Å². The van der Waals surface area contributed by atoms with Crippen LogP contribution in [0.3, 0.4) is 0 Å². The first-order valence-corrected chi connectivity index (χ1v) is 8.04. The molecule has 0 aliphatic carbocycles. The van der Waals surface area contributed by atoms with Crippen LogP contribution < -0.4 is 0 Å². The van der Waals surface area contributed by atoms with Crippen molar-refractivity contribution in [3.8, 4) is 0 Å². The summed E-state index contributed by atoms with van der Waals surface area (Å²) in [5.74, 6) is 0.384. The predicted molar refractivity (Wildman–Crippen MR) is 73.3 cm³/mol. The third-order valence-corrected chi connectivity index (χ3v) is 4.60. The molecule has 0 N–H and O–H groups in total. The molecular weight excluding hydrogens is 265 g/mol. The zero-order valence-electron chi connectivity index (χ0n) is 11.4. The van der Waals surface area contributed by atoms with E-state index in [0.717, 1.165) is 16.7 Å². The molecule has 1 heterocycles. The van der Waals surface area contributed by atoms with E-state index in [9.17, 15) is 4.57 Å². The minimum Gasteiger partial charge on any atom is -0.440 e. The van der Waals surface area contributed by atoms with E-state index in [4.69, 9.17) is 13.5 Å². The molecule has 104 valence electrons. The van der Waals surface area contributed by atoms with Gasteiger partial charge < -0.3 is 13.5 Å². The summed E-state index contributed by atoms with van der Waals surface area (Å²) in [7, 11) is -3.17. The Balaban J connectivity index is 2.29. The first-order valence-electron chi connectivity index (χ1n) is 6.31. The molecule has 5 nitrogen and oxygen atoms in total. The monoisotopic (exact) mass is 283 g/mol. The summed E-state index contributed by atoms with van der Waals surface area (Å²) in [6.07, 6.45) is 0.0583. The van der Waals surface area contributed by atoms with Crippen LogP contribution in [0.1, 0.15) is 25.3 Å². The van der Waals surface area contributed by atoms with E-state index >= 15 is 0 Å². The molecule has 2 aromatic rings. The molecular formula is C13H18NO4P. The lowest BCUT2D eigenvalue weighted by Crippen LogP contribution is -1.99. The average molecular weight is 283 g/mol. The van der Waals surface area contributed by atoms with Crippen molar-refractivity contribution in [1.82, 2.24) is 4.98 Å². The number of fused-ring (bicyclic) bond motifs is 1. The highest BCUT2D eigenvalue weighted by molar-refractivity contribution is 7.52. The van der Waals surface area contributed by atoms with Crippen molar-refractivity contribution >= 4 is 18.7 Å². The van der Waals surface area contributed by atoms with E-state index in [-0.39, 0.29) is 6.16 Å². The molecule has 0 fully saturated rings. The number of para-hydroxylation sites is 1. The number of nitrogens with zero attached hydrogens (tertiary/aromatic N) is 1. The van der Waals surface area contributed by atoms with Gasteiger partial charge in [0.25, 0.3) is 0 Å². The second-order valence-electron chi connectivity index (χ2n) is 4.14. The fourth-order valence-corrected chi connectivity index (χ4v) is 3.40. The van der Waals surface area contributed by atoms with Gasteiger partial charge in [0.1, 0.15) is 11.7 Å². The second-order valence-corrected chi connectivity index (χ2v) is 6.19. The van der Waals surface area contributed by atoms with Crippen molar-refractivity contribution < 1.29 is 18.0 Å². The zero-order chi connectivity index (χ0) is 13.9. The lowest BCUT2D eigenvalue weighted by Gasteiger charge is -2.14. The van der Waals surface area contributed by atoms with E-state index in [1.807, 2.05) is 25.1 Å². The Hall–Kier alpha value is -1.16. The van der Waals surface area contributed by atoms with E-state index in [0.29, 0.717) is 19.1 Å². The summed E-state index contributed by atoms with van der Waals surface area (Å²) < 4.78 is 28.5. The third kappa shape index (κ3) is 3.24. The van der Waals surface area contributed by atoms with Gasteiger partial charge in [-0.15, -0.1) is 0 Å².